The van der Waals surface area contributed by atoms with Gasteiger partial charge in [0.25, 0.3) is 0 Å². The first-order valence-corrected chi connectivity index (χ1v) is 5.82. The van der Waals surface area contributed by atoms with Crippen LogP contribution in [0.15, 0.2) is 12.1 Å². The molecule has 1 saturated carbocycles. The van der Waals surface area contributed by atoms with Gasteiger partial charge in [0.1, 0.15) is 0 Å². The van der Waals surface area contributed by atoms with Crippen molar-refractivity contribution >= 4 is 0 Å². The van der Waals surface area contributed by atoms with Crippen molar-refractivity contribution in [3.63, 3.8) is 0 Å². The highest BCUT2D eigenvalue weighted by Crippen LogP contribution is 2.48. The molecule has 1 aromatic rings. The van der Waals surface area contributed by atoms with Gasteiger partial charge in [0, 0.05) is 6.42 Å². The number of ether oxygens (including phenoxy) is 2. The van der Waals surface area contributed by atoms with Gasteiger partial charge >= 0.3 is 0 Å². The molecular formula is C13H16O3. The largest absolute Gasteiger partial charge is 0.490 e. The molecule has 0 bridgehead atoms. The van der Waals surface area contributed by atoms with Gasteiger partial charge in [-0.25, -0.2) is 0 Å². The topological polar surface area (TPSA) is 38.7 Å². The average molecular weight is 220 g/mol. The van der Waals surface area contributed by atoms with E-state index in [0.29, 0.717) is 13.2 Å². The van der Waals surface area contributed by atoms with Gasteiger partial charge in [-0.05, 0) is 43.0 Å². The second-order valence-corrected chi connectivity index (χ2v) is 4.70. The van der Waals surface area contributed by atoms with Crippen LogP contribution in [-0.2, 0) is 5.60 Å². The fraction of sp³-hybridized carbons (Fsp3) is 0.538. The average Bonchev–Trinajstić information content (AvgIpc) is 3.02. The zero-order chi connectivity index (χ0) is 11.2. The van der Waals surface area contributed by atoms with E-state index < -0.39 is 5.60 Å². The lowest BCUT2D eigenvalue weighted by Gasteiger charge is -2.15. The number of aliphatic hydroxyl groups is 1. The number of rotatable bonds is 1. The maximum absolute atomic E-state index is 10.1. The van der Waals surface area contributed by atoms with Crippen LogP contribution in [-0.4, -0.2) is 18.3 Å². The Morgan fingerprint density at radius 3 is 2.69 bits per heavy atom. The predicted molar refractivity (Wildman–Crippen MR) is 59.9 cm³/mol. The van der Waals surface area contributed by atoms with Gasteiger partial charge in [0.15, 0.2) is 11.5 Å². The normalized spacial score (nSPS) is 21.4. The van der Waals surface area contributed by atoms with Crippen LogP contribution in [0, 0.1) is 6.92 Å². The van der Waals surface area contributed by atoms with Gasteiger partial charge < -0.3 is 14.6 Å². The quantitative estimate of drug-likeness (QED) is 0.788. The Balaban J connectivity index is 2.05. The zero-order valence-corrected chi connectivity index (χ0v) is 9.45. The minimum atomic E-state index is -0.602. The van der Waals surface area contributed by atoms with E-state index in [1.165, 1.54) is 0 Å². The molecule has 1 N–H and O–H groups in total. The van der Waals surface area contributed by atoms with Gasteiger partial charge in [-0.1, -0.05) is 0 Å². The number of aryl methyl sites for hydroxylation is 1. The van der Waals surface area contributed by atoms with E-state index in [-0.39, 0.29) is 0 Å². The minimum absolute atomic E-state index is 0.602. The molecule has 1 aliphatic carbocycles. The summed E-state index contributed by atoms with van der Waals surface area (Å²) >= 11 is 0. The lowest BCUT2D eigenvalue weighted by Crippen LogP contribution is -2.06. The molecule has 2 aliphatic rings. The van der Waals surface area contributed by atoms with Crippen LogP contribution >= 0.6 is 0 Å². The Morgan fingerprint density at radius 1 is 1.19 bits per heavy atom. The summed E-state index contributed by atoms with van der Waals surface area (Å²) in [6, 6.07) is 3.95. The van der Waals surface area contributed by atoms with Crippen LogP contribution < -0.4 is 9.47 Å². The Hall–Kier alpha value is -1.22. The van der Waals surface area contributed by atoms with Crippen LogP contribution in [0.4, 0.5) is 0 Å². The molecule has 0 amide bonds. The van der Waals surface area contributed by atoms with E-state index >= 15 is 0 Å². The van der Waals surface area contributed by atoms with Crippen molar-refractivity contribution < 1.29 is 14.6 Å². The molecule has 1 heterocycles. The van der Waals surface area contributed by atoms with E-state index in [1.54, 1.807) is 0 Å². The van der Waals surface area contributed by atoms with Gasteiger partial charge in [0.2, 0.25) is 0 Å². The first-order valence-electron chi connectivity index (χ1n) is 5.82. The summed E-state index contributed by atoms with van der Waals surface area (Å²) in [7, 11) is 0. The van der Waals surface area contributed by atoms with Crippen molar-refractivity contribution in [2.45, 2.75) is 31.8 Å². The monoisotopic (exact) mass is 220 g/mol. The maximum atomic E-state index is 10.1. The van der Waals surface area contributed by atoms with Crippen molar-refractivity contribution in [1.29, 1.82) is 0 Å². The van der Waals surface area contributed by atoms with Gasteiger partial charge in [-0.2, -0.15) is 0 Å². The molecule has 0 spiro atoms. The third-order valence-electron chi connectivity index (χ3n) is 3.29. The van der Waals surface area contributed by atoms with Crippen LogP contribution in [0.1, 0.15) is 30.4 Å². The summed E-state index contributed by atoms with van der Waals surface area (Å²) in [6.07, 6.45) is 2.62. The Bertz CT molecular complexity index is 421. The molecular weight excluding hydrogens is 204 g/mol. The van der Waals surface area contributed by atoms with Crippen molar-refractivity contribution in [1.82, 2.24) is 0 Å². The number of fused-ring (bicyclic) bond motifs is 1. The molecule has 16 heavy (non-hydrogen) atoms. The fourth-order valence-corrected chi connectivity index (χ4v) is 2.12. The highest BCUT2D eigenvalue weighted by Gasteiger charge is 2.42. The molecule has 0 unspecified atom stereocenters. The van der Waals surface area contributed by atoms with Gasteiger partial charge in [-0.15, -0.1) is 0 Å². The number of hydrogen-bond acceptors (Lipinski definition) is 3. The molecule has 3 rings (SSSR count). The smallest absolute Gasteiger partial charge is 0.164 e. The Labute approximate surface area is 95.0 Å². The van der Waals surface area contributed by atoms with Gasteiger partial charge in [0.05, 0.1) is 18.8 Å². The van der Waals surface area contributed by atoms with Crippen LogP contribution in [0.5, 0.6) is 11.5 Å². The minimum Gasteiger partial charge on any atom is -0.490 e. The Morgan fingerprint density at radius 2 is 1.94 bits per heavy atom. The molecule has 3 heteroatoms. The second kappa shape index (κ2) is 3.39. The highest BCUT2D eigenvalue weighted by molar-refractivity contribution is 5.51. The molecule has 0 atom stereocenters. The third-order valence-corrected chi connectivity index (χ3v) is 3.29. The van der Waals surface area contributed by atoms with Crippen molar-refractivity contribution in [2.75, 3.05) is 13.2 Å². The van der Waals surface area contributed by atoms with Crippen LogP contribution in [0.3, 0.4) is 0 Å². The van der Waals surface area contributed by atoms with Crippen molar-refractivity contribution in [3.05, 3.63) is 23.3 Å². The predicted octanol–water partition coefficient (Wildman–Crippen LogP) is 2.14. The molecule has 1 aliphatic heterocycles. The molecule has 86 valence electrons. The Kier molecular flexibility index (Phi) is 2.11. The molecule has 0 saturated heterocycles. The summed E-state index contributed by atoms with van der Waals surface area (Å²) in [4.78, 5) is 0. The molecule has 0 aromatic heterocycles. The lowest BCUT2D eigenvalue weighted by atomic mass is 10.0. The van der Waals surface area contributed by atoms with Crippen molar-refractivity contribution in [3.8, 4) is 11.5 Å². The molecule has 1 fully saturated rings. The van der Waals surface area contributed by atoms with E-state index in [9.17, 15) is 5.11 Å². The van der Waals surface area contributed by atoms with E-state index in [4.69, 9.17) is 9.47 Å². The van der Waals surface area contributed by atoms with Gasteiger partial charge in [-0.3, -0.25) is 0 Å². The molecule has 1 aromatic carbocycles. The third kappa shape index (κ3) is 1.55. The SMILES string of the molecule is Cc1cc(C2(O)CC2)cc2c1OCCCO2. The summed E-state index contributed by atoms with van der Waals surface area (Å²) in [6.45, 7) is 3.40. The van der Waals surface area contributed by atoms with Crippen LogP contribution in [0.25, 0.3) is 0 Å². The standard InChI is InChI=1S/C13H16O3/c1-9-7-10(13(14)3-4-13)8-11-12(9)16-6-2-5-15-11/h7-8,14H,2-6H2,1H3. The van der Waals surface area contributed by atoms with Crippen molar-refractivity contribution in [2.24, 2.45) is 0 Å². The maximum Gasteiger partial charge on any atom is 0.164 e. The fourth-order valence-electron chi connectivity index (χ4n) is 2.12. The van der Waals surface area contributed by atoms with E-state index in [2.05, 4.69) is 0 Å². The lowest BCUT2D eigenvalue weighted by molar-refractivity contribution is 0.151. The zero-order valence-electron chi connectivity index (χ0n) is 9.45. The number of benzene rings is 1. The highest BCUT2D eigenvalue weighted by atomic mass is 16.5. The van der Waals surface area contributed by atoms with E-state index in [0.717, 1.165) is 41.9 Å². The summed E-state index contributed by atoms with van der Waals surface area (Å²) in [5, 5.41) is 10.1. The second-order valence-electron chi connectivity index (χ2n) is 4.70. The van der Waals surface area contributed by atoms with E-state index in [1.807, 2.05) is 19.1 Å². The summed E-state index contributed by atoms with van der Waals surface area (Å²) in [5.74, 6) is 1.62. The summed E-state index contributed by atoms with van der Waals surface area (Å²) in [5.41, 5.74) is 1.42. The number of hydrogen-bond donors (Lipinski definition) is 1. The molecule has 3 nitrogen and oxygen atoms in total. The summed E-state index contributed by atoms with van der Waals surface area (Å²) < 4.78 is 11.3. The first-order chi connectivity index (χ1) is 7.69. The first kappa shape index (κ1) is 9.97. The van der Waals surface area contributed by atoms with Crippen LogP contribution in [0.2, 0.25) is 0 Å². The molecule has 0 radical (unpaired) electrons.